The molecule has 1 N–H and O–H groups in total. The van der Waals surface area contributed by atoms with Gasteiger partial charge < -0.3 is 10.1 Å². The SMILES string of the molecule is COC(=O)CCSC(=S)Nc1ccc(Br)cc1. The summed E-state index contributed by atoms with van der Waals surface area (Å²) in [6.45, 7) is 0. The van der Waals surface area contributed by atoms with Crippen LogP contribution < -0.4 is 5.32 Å². The smallest absolute Gasteiger partial charge is 0.306 e. The first-order valence-corrected chi connectivity index (χ1v) is 7.06. The van der Waals surface area contributed by atoms with Crippen LogP contribution in [0.15, 0.2) is 28.7 Å². The fourth-order valence-electron chi connectivity index (χ4n) is 1.02. The lowest BCUT2D eigenvalue weighted by Crippen LogP contribution is -2.07. The maximum absolute atomic E-state index is 10.9. The number of hydrogen-bond acceptors (Lipinski definition) is 4. The van der Waals surface area contributed by atoms with E-state index in [4.69, 9.17) is 12.2 Å². The second kappa shape index (κ2) is 7.68. The number of hydrogen-bond donors (Lipinski definition) is 1. The van der Waals surface area contributed by atoms with Gasteiger partial charge in [-0.15, -0.1) is 0 Å². The number of methoxy groups -OCH3 is 1. The van der Waals surface area contributed by atoms with E-state index in [9.17, 15) is 4.79 Å². The van der Waals surface area contributed by atoms with Crippen LogP contribution in [0.1, 0.15) is 6.42 Å². The van der Waals surface area contributed by atoms with Crippen molar-refractivity contribution in [1.29, 1.82) is 0 Å². The Labute approximate surface area is 118 Å². The molecule has 0 spiro atoms. The summed E-state index contributed by atoms with van der Waals surface area (Å²) in [5.74, 6) is 0.402. The van der Waals surface area contributed by atoms with Crippen LogP contribution in [0.4, 0.5) is 5.69 Å². The van der Waals surface area contributed by atoms with Crippen LogP contribution in [-0.2, 0) is 9.53 Å². The number of halogens is 1. The van der Waals surface area contributed by atoms with Gasteiger partial charge in [-0.2, -0.15) is 0 Å². The van der Waals surface area contributed by atoms with Crippen LogP contribution in [0.2, 0.25) is 0 Å². The van der Waals surface area contributed by atoms with E-state index in [0.717, 1.165) is 10.2 Å². The zero-order valence-corrected chi connectivity index (χ0v) is 12.5. The minimum atomic E-state index is -0.219. The van der Waals surface area contributed by atoms with Crippen LogP contribution >= 0.6 is 39.9 Å². The molecular formula is C11H12BrNO2S2. The summed E-state index contributed by atoms with van der Waals surface area (Å²) in [7, 11) is 1.38. The molecule has 0 aliphatic rings. The molecule has 1 aromatic rings. The molecule has 0 aromatic heterocycles. The quantitative estimate of drug-likeness (QED) is 0.674. The highest BCUT2D eigenvalue weighted by Gasteiger charge is 2.03. The van der Waals surface area contributed by atoms with Crippen molar-refractivity contribution in [3.05, 3.63) is 28.7 Å². The van der Waals surface area contributed by atoms with E-state index in [-0.39, 0.29) is 5.97 Å². The lowest BCUT2D eigenvalue weighted by Gasteiger charge is -2.07. The molecule has 0 bridgehead atoms. The van der Waals surface area contributed by atoms with Gasteiger partial charge in [0.1, 0.15) is 4.32 Å². The Morgan fingerprint density at radius 1 is 1.47 bits per heavy atom. The molecule has 0 saturated carbocycles. The first-order valence-electron chi connectivity index (χ1n) is 4.88. The molecule has 17 heavy (non-hydrogen) atoms. The summed E-state index contributed by atoms with van der Waals surface area (Å²) in [4.78, 5) is 10.9. The van der Waals surface area contributed by atoms with Gasteiger partial charge in [0.15, 0.2) is 0 Å². The maximum atomic E-state index is 10.9. The molecule has 0 atom stereocenters. The van der Waals surface area contributed by atoms with E-state index in [1.165, 1.54) is 18.9 Å². The van der Waals surface area contributed by atoms with E-state index in [2.05, 4.69) is 26.0 Å². The predicted octanol–water partition coefficient (Wildman–Crippen LogP) is 3.44. The van der Waals surface area contributed by atoms with Crippen molar-refractivity contribution in [1.82, 2.24) is 0 Å². The highest BCUT2D eigenvalue weighted by atomic mass is 79.9. The van der Waals surface area contributed by atoms with Crippen LogP contribution in [0, 0.1) is 0 Å². The molecule has 1 rings (SSSR count). The van der Waals surface area contributed by atoms with Crippen molar-refractivity contribution in [3.63, 3.8) is 0 Å². The molecule has 0 amide bonds. The summed E-state index contributed by atoms with van der Waals surface area (Å²) in [6, 6.07) is 7.72. The van der Waals surface area contributed by atoms with Gasteiger partial charge in [-0.05, 0) is 24.3 Å². The third-order valence-corrected chi connectivity index (χ3v) is 3.61. The minimum absolute atomic E-state index is 0.219. The van der Waals surface area contributed by atoms with Gasteiger partial charge >= 0.3 is 5.97 Å². The van der Waals surface area contributed by atoms with Crippen LogP contribution in [0.25, 0.3) is 0 Å². The molecule has 0 aliphatic carbocycles. The second-order valence-corrected chi connectivity index (χ2v) is 5.78. The Bertz CT molecular complexity index is 395. The summed E-state index contributed by atoms with van der Waals surface area (Å²) in [5, 5.41) is 3.08. The van der Waals surface area contributed by atoms with Crippen molar-refractivity contribution in [2.75, 3.05) is 18.2 Å². The molecular weight excluding hydrogens is 322 g/mol. The number of esters is 1. The van der Waals surface area contributed by atoms with E-state index >= 15 is 0 Å². The Balaban J connectivity index is 2.30. The van der Waals surface area contributed by atoms with Gasteiger partial charge in [0.25, 0.3) is 0 Å². The molecule has 6 heteroatoms. The normalized spacial score (nSPS) is 9.76. The number of thiocarbonyl (C=S) groups is 1. The fourth-order valence-corrected chi connectivity index (χ4v) is 2.29. The molecule has 0 unspecified atom stereocenters. The Hall–Kier alpha value is -0.590. The zero-order chi connectivity index (χ0) is 12.7. The van der Waals surface area contributed by atoms with Crippen LogP contribution in [-0.4, -0.2) is 23.2 Å². The third-order valence-electron chi connectivity index (χ3n) is 1.86. The number of ether oxygens (including phenoxy) is 1. The molecule has 0 saturated heterocycles. The van der Waals surface area contributed by atoms with Crippen molar-refractivity contribution in [2.45, 2.75) is 6.42 Å². The summed E-state index contributed by atoms with van der Waals surface area (Å²) in [5.41, 5.74) is 0.934. The first-order chi connectivity index (χ1) is 8.11. The lowest BCUT2D eigenvalue weighted by molar-refractivity contribution is -0.140. The number of thioether (sulfide) groups is 1. The average molecular weight is 334 g/mol. The molecule has 0 heterocycles. The molecule has 0 radical (unpaired) electrons. The number of benzene rings is 1. The Morgan fingerprint density at radius 3 is 2.71 bits per heavy atom. The number of carbonyl (C=O) groups is 1. The largest absolute Gasteiger partial charge is 0.469 e. The van der Waals surface area contributed by atoms with Gasteiger partial charge in [-0.1, -0.05) is 39.9 Å². The van der Waals surface area contributed by atoms with Crippen molar-refractivity contribution in [2.24, 2.45) is 0 Å². The van der Waals surface area contributed by atoms with Gasteiger partial charge in [-0.3, -0.25) is 4.79 Å². The van der Waals surface area contributed by atoms with E-state index < -0.39 is 0 Å². The average Bonchev–Trinajstić information content (AvgIpc) is 2.32. The van der Waals surface area contributed by atoms with Gasteiger partial charge in [-0.25, -0.2) is 0 Å². The molecule has 0 fully saturated rings. The topological polar surface area (TPSA) is 38.3 Å². The maximum Gasteiger partial charge on any atom is 0.306 e. The van der Waals surface area contributed by atoms with Crippen molar-refractivity contribution in [3.8, 4) is 0 Å². The molecule has 0 aliphatic heterocycles. The Kier molecular flexibility index (Phi) is 6.54. The third kappa shape index (κ3) is 6.05. The van der Waals surface area contributed by atoms with Crippen molar-refractivity contribution >= 4 is 55.9 Å². The fraction of sp³-hybridized carbons (Fsp3) is 0.273. The number of anilines is 1. The predicted molar refractivity (Wildman–Crippen MR) is 79.5 cm³/mol. The number of carbonyl (C=O) groups excluding carboxylic acids is 1. The summed E-state index contributed by atoms with van der Waals surface area (Å²) >= 11 is 9.93. The molecule has 1 aromatic carbocycles. The zero-order valence-electron chi connectivity index (χ0n) is 9.23. The van der Waals surface area contributed by atoms with E-state index in [0.29, 0.717) is 16.5 Å². The highest BCUT2D eigenvalue weighted by molar-refractivity contribution is 9.10. The second-order valence-electron chi connectivity index (χ2n) is 3.09. The van der Waals surface area contributed by atoms with E-state index in [1.54, 1.807) is 0 Å². The lowest BCUT2D eigenvalue weighted by atomic mass is 10.3. The number of rotatable bonds is 4. The Morgan fingerprint density at radius 2 is 2.12 bits per heavy atom. The number of nitrogens with one attached hydrogen (secondary N) is 1. The highest BCUT2D eigenvalue weighted by Crippen LogP contribution is 2.16. The van der Waals surface area contributed by atoms with Gasteiger partial charge in [0.2, 0.25) is 0 Å². The van der Waals surface area contributed by atoms with E-state index in [1.807, 2.05) is 24.3 Å². The molecule has 92 valence electrons. The summed E-state index contributed by atoms with van der Waals surface area (Å²) in [6.07, 6.45) is 0.364. The van der Waals surface area contributed by atoms with Crippen LogP contribution in [0.3, 0.4) is 0 Å². The van der Waals surface area contributed by atoms with Crippen molar-refractivity contribution < 1.29 is 9.53 Å². The van der Waals surface area contributed by atoms with Gasteiger partial charge in [0, 0.05) is 15.9 Å². The van der Waals surface area contributed by atoms with Crippen LogP contribution in [0.5, 0.6) is 0 Å². The first kappa shape index (κ1) is 14.5. The van der Waals surface area contributed by atoms with Gasteiger partial charge in [0.05, 0.1) is 13.5 Å². The minimum Gasteiger partial charge on any atom is -0.469 e. The monoisotopic (exact) mass is 333 g/mol. The summed E-state index contributed by atoms with van der Waals surface area (Å²) < 4.78 is 6.21. The standard InChI is InChI=1S/C11H12BrNO2S2/c1-15-10(14)6-7-17-11(16)13-9-4-2-8(12)3-5-9/h2-5H,6-7H2,1H3,(H,13,16). The molecule has 3 nitrogen and oxygen atoms in total.